The number of halogens is 1. The van der Waals surface area contributed by atoms with E-state index in [2.05, 4.69) is 35.1 Å². The summed E-state index contributed by atoms with van der Waals surface area (Å²) in [5.74, 6) is 0.360. The van der Waals surface area contributed by atoms with E-state index in [1.165, 1.54) is 4.90 Å². The number of nitrogens with one attached hydrogen (secondary N) is 1. The van der Waals surface area contributed by atoms with E-state index in [0.29, 0.717) is 37.0 Å². The number of nitrogens with zero attached hydrogens (tertiary/aromatic N) is 2. The van der Waals surface area contributed by atoms with Crippen LogP contribution in [0.3, 0.4) is 0 Å². The third kappa shape index (κ3) is 6.33. The Morgan fingerprint density at radius 1 is 1.14 bits per heavy atom. The molecule has 154 valence electrons. The predicted octanol–water partition coefficient (Wildman–Crippen LogP) is 4.04. The molecule has 1 aromatic carbocycles. The second kappa shape index (κ2) is 10.0. The van der Waals surface area contributed by atoms with E-state index in [4.69, 9.17) is 0 Å². The van der Waals surface area contributed by atoms with Crippen LogP contribution in [0.5, 0.6) is 0 Å². The van der Waals surface area contributed by atoms with Gasteiger partial charge >= 0.3 is 6.03 Å². The lowest BCUT2D eigenvalue weighted by atomic mass is 9.92. The number of hydrogen-bond donors (Lipinski definition) is 1. The fourth-order valence-electron chi connectivity index (χ4n) is 3.61. The molecule has 0 aromatic heterocycles. The molecule has 7 heteroatoms. The average molecular weight is 452 g/mol. The molecule has 4 amide bonds. The lowest BCUT2D eigenvalue weighted by Gasteiger charge is -2.37. The molecular weight excluding hydrogens is 422 g/mol. The molecule has 1 aliphatic heterocycles. The number of imide groups is 1. The van der Waals surface area contributed by atoms with Gasteiger partial charge in [0.1, 0.15) is 0 Å². The highest BCUT2D eigenvalue weighted by Crippen LogP contribution is 2.25. The number of anilines is 1. The highest BCUT2D eigenvalue weighted by Gasteiger charge is 2.32. The van der Waals surface area contributed by atoms with Crippen LogP contribution in [-0.2, 0) is 9.59 Å². The molecule has 6 nitrogen and oxygen atoms in total. The van der Waals surface area contributed by atoms with Gasteiger partial charge in [0.15, 0.2) is 0 Å². The van der Waals surface area contributed by atoms with E-state index in [0.717, 1.165) is 10.9 Å². The third-order valence-corrected chi connectivity index (χ3v) is 5.22. The number of carbonyl (C=O) groups excluding carboxylic acids is 3. The summed E-state index contributed by atoms with van der Waals surface area (Å²) >= 11 is 3.38. The van der Waals surface area contributed by atoms with Gasteiger partial charge in [-0.3, -0.25) is 9.59 Å². The van der Waals surface area contributed by atoms with E-state index in [1.807, 2.05) is 13.8 Å². The van der Waals surface area contributed by atoms with Gasteiger partial charge in [-0.15, -0.1) is 0 Å². The summed E-state index contributed by atoms with van der Waals surface area (Å²) < 4.78 is 0.863. The fourth-order valence-corrected chi connectivity index (χ4v) is 3.87. The van der Waals surface area contributed by atoms with Gasteiger partial charge in [0.25, 0.3) is 5.91 Å². The van der Waals surface area contributed by atoms with Gasteiger partial charge in [0, 0.05) is 24.0 Å². The van der Waals surface area contributed by atoms with E-state index in [9.17, 15) is 14.4 Å². The lowest BCUT2D eigenvalue weighted by Crippen LogP contribution is -2.53. The highest BCUT2D eigenvalue weighted by molar-refractivity contribution is 9.10. The molecule has 1 saturated heterocycles. The van der Waals surface area contributed by atoms with Gasteiger partial charge in [0.05, 0.1) is 12.2 Å². The van der Waals surface area contributed by atoms with Crippen molar-refractivity contribution in [3.8, 4) is 0 Å². The normalized spacial score (nSPS) is 19.4. The van der Waals surface area contributed by atoms with Crippen molar-refractivity contribution in [2.24, 2.45) is 17.8 Å². The van der Waals surface area contributed by atoms with Crippen molar-refractivity contribution < 1.29 is 14.4 Å². The van der Waals surface area contributed by atoms with Crippen molar-refractivity contribution in [1.29, 1.82) is 0 Å². The van der Waals surface area contributed by atoms with Crippen molar-refractivity contribution in [3.05, 3.63) is 28.7 Å². The molecule has 1 fully saturated rings. The van der Waals surface area contributed by atoms with Gasteiger partial charge in [-0.25, -0.2) is 9.69 Å². The molecule has 0 bridgehead atoms. The van der Waals surface area contributed by atoms with Crippen LogP contribution in [0.4, 0.5) is 10.5 Å². The summed E-state index contributed by atoms with van der Waals surface area (Å²) in [6, 6.07) is 6.71. The first-order valence-electron chi connectivity index (χ1n) is 9.81. The predicted molar refractivity (Wildman–Crippen MR) is 114 cm³/mol. The Hall–Kier alpha value is -1.89. The molecule has 1 heterocycles. The summed E-state index contributed by atoms with van der Waals surface area (Å²) in [6.45, 7) is 9.18. The molecular formula is C21H30BrN3O3. The molecule has 0 unspecified atom stereocenters. The molecule has 28 heavy (non-hydrogen) atoms. The number of hydrogen-bond acceptors (Lipinski definition) is 3. The Balaban J connectivity index is 2.19. The number of benzene rings is 1. The lowest BCUT2D eigenvalue weighted by molar-refractivity contribution is -0.125. The van der Waals surface area contributed by atoms with E-state index >= 15 is 0 Å². The largest absolute Gasteiger partial charge is 0.347 e. The minimum absolute atomic E-state index is 0.188. The fraction of sp³-hybridized carbons (Fsp3) is 0.571. The molecule has 1 N–H and O–H groups in total. The molecule has 0 radical (unpaired) electrons. The second-order valence-electron chi connectivity index (χ2n) is 8.21. The first-order valence-corrected chi connectivity index (χ1v) is 10.6. The molecule has 0 saturated carbocycles. The van der Waals surface area contributed by atoms with Crippen LogP contribution in [0.2, 0.25) is 0 Å². The van der Waals surface area contributed by atoms with Gasteiger partial charge < -0.3 is 10.2 Å². The second-order valence-corrected chi connectivity index (χ2v) is 9.13. The Labute approximate surface area is 175 Å². The zero-order valence-corrected chi connectivity index (χ0v) is 18.7. The summed E-state index contributed by atoms with van der Waals surface area (Å²) in [5.41, 5.74) is 0.502. The van der Waals surface area contributed by atoms with Crippen LogP contribution in [0.1, 0.15) is 40.5 Å². The monoisotopic (exact) mass is 451 g/mol. The summed E-state index contributed by atoms with van der Waals surface area (Å²) in [5, 5.41) is 2.64. The minimum Gasteiger partial charge on any atom is -0.347 e. The van der Waals surface area contributed by atoms with Crippen molar-refractivity contribution in [2.45, 2.75) is 40.5 Å². The maximum absolute atomic E-state index is 13.2. The Morgan fingerprint density at radius 3 is 2.25 bits per heavy atom. The van der Waals surface area contributed by atoms with Crippen LogP contribution in [0.15, 0.2) is 28.7 Å². The first kappa shape index (κ1) is 22.4. The number of piperidine rings is 1. The minimum atomic E-state index is -0.435. The molecule has 0 spiro atoms. The maximum atomic E-state index is 13.2. The molecule has 1 aromatic rings. The third-order valence-electron chi connectivity index (χ3n) is 4.70. The smallest absolute Gasteiger partial charge is 0.331 e. The van der Waals surface area contributed by atoms with E-state index < -0.39 is 5.91 Å². The zero-order chi connectivity index (χ0) is 20.8. The standard InChI is InChI=1S/C21H30BrN3O3/c1-14(2)9-19(26)23-11-20(27)25(18-7-5-17(22)6-8-18)21(28)24-12-15(3)10-16(4)13-24/h5-8,14-16H,9-13H2,1-4H3,(H,23,26)/t15-,16+. The van der Waals surface area contributed by atoms with Gasteiger partial charge in [-0.1, -0.05) is 43.6 Å². The molecule has 2 rings (SSSR count). The van der Waals surface area contributed by atoms with E-state index in [1.54, 1.807) is 29.2 Å². The number of likely N-dealkylation sites (tertiary alicyclic amines) is 1. The maximum Gasteiger partial charge on any atom is 0.331 e. The Morgan fingerprint density at radius 2 is 1.71 bits per heavy atom. The summed E-state index contributed by atoms with van der Waals surface area (Å²) in [7, 11) is 0. The topological polar surface area (TPSA) is 69.7 Å². The van der Waals surface area contributed by atoms with Crippen LogP contribution in [0, 0.1) is 17.8 Å². The van der Waals surface area contributed by atoms with Gasteiger partial charge in [0.2, 0.25) is 5.91 Å². The number of urea groups is 1. The Bertz CT molecular complexity index is 695. The van der Waals surface area contributed by atoms with Crippen molar-refractivity contribution in [1.82, 2.24) is 10.2 Å². The average Bonchev–Trinajstić information content (AvgIpc) is 2.60. The molecule has 1 aliphatic rings. The van der Waals surface area contributed by atoms with Crippen LogP contribution >= 0.6 is 15.9 Å². The van der Waals surface area contributed by atoms with Crippen molar-refractivity contribution in [2.75, 3.05) is 24.5 Å². The molecule has 2 atom stereocenters. The van der Waals surface area contributed by atoms with Crippen molar-refractivity contribution in [3.63, 3.8) is 0 Å². The highest BCUT2D eigenvalue weighted by atomic mass is 79.9. The SMILES string of the molecule is CC(C)CC(=O)NCC(=O)N(C(=O)N1C[C@H](C)C[C@H](C)C1)c1ccc(Br)cc1. The van der Waals surface area contributed by atoms with Gasteiger partial charge in [-0.2, -0.15) is 0 Å². The number of carbonyl (C=O) groups is 3. The molecule has 0 aliphatic carbocycles. The van der Waals surface area contributed by atoms with E-state index in [-0.39, 0.29) is 24.4 Å². The first-order chi connectivity index (χ1) is 13.2. The Kier molecular flexibility index (Phi) is 8.04. The van der Waals surface area contributed by atoms with Crippen LogP contribution in [0.25, 0.3) is 0 Å². The summed E-state index contributed by atoms with van der Waals surface area (Å²) in [4.78, 5) is 41.0. The number of rotatable bonds is 5. The van der Waals surface area contributed by atoms with Gasteiger partial charge in [-0.05, 0) is 48.4 Å². The zero-order valence-electron chi connectivity index (χ0n) is 17.1. The van der Waals surface area contributed by atoms with Crippen LogP contribution in [-0.4, -0.2) is 42.4 Å². The quantitative estimate of drug-likeness (QED) is 0.733. The number of amides is 4. The van der Waals surface area contributed by atoms with Crippen molar-refractivity contribution >= 4 is 39.5 Å². The van der Waals surface area contributed by atoms with Crippen LogP contribution < -0.4 is 10.2 Å². The summed E-state index contributed by atoms with van der Waals surface area (Å²) in [6.07, 6.45) is 1.42.